The molecule has 0 bridgehead atoms. The fourth-order valence-corrected chi connectivity index (χ4v) is 11.2. The van der Waals surface area contributed by atoms with Crippen molar-refractivity contribution in [3.05, 3.63) is 100 Å². The van der Waals surface area contributed by atoms with Gasteiger partial charge in [-0.15, -0.1) is 16.6 Å². The summed E-state index contributed by atoms with van der Waals surface area (Å²) in [6.45, 7) is 2.28. The summed E-state index contributed by atoms with van der Waals surface area (Å²) >= 11 is 0. The number of unbranched alkanes of at least 4 members (excludes halogenated alkanes) is 3. The third-order valence-electron chi connectivity index (χ3n) is 14.6. The molecule has 0 radical (unpaired) electrons. The lowest BCUT2D eigenvalue weighted by Crippen LogP contribution is -2.46. The number of rotatable bonds is 25. The molecule has 2 aromatic rings. The minimum Gasteiger partial charge on any atom is -0.504 e. The van der Waals surface area contributed by atoms with Gasteiger partial charge in [0.2, 0.25) is 5.70 Å². The fourth-order valence-electron chi connectivity index (χ4n) is 11.2. The first-order chi connectivity index (χ1) is 31.5. The Balaban J connectivity index is 0.841. The lowest BCUT2D eigenvalue weighted by Gasteiger charge is -2.33. The summed E-state index contributed by atoms with van der Waals surface area (Å²) in [5.41, 5.74) is 12.7. The van der Waals surface area contributed by atoms with Crippen LogP contribution in [0.2, 0.25) is 0 Å². The zero-order valence-electron chi connectivity index (χ0n) is 38.4. The van der Waals surface area contributed by atoms with Crippen molar-refractivity contribution in [2.24, 2.45) is 34.4 Å². The zero-order chi connectivity index (χ0) is 45.9. The van der Waals surface area contributed by atoms with Gasteiger partial charge in [-0.1, -0.05) is 62.5 Å². The van der Waals surface area contributed by atoms with E-state index in [9.17, 15) is 35.7 Å². The Bertz CT molecular complexity index is 1970. The molecule has 65 heavy (non-hydrogen) atoms. The molecule has 12 nitrogen and oxygen atoms in total. The van der Waals surface area contributed by atoms with E-state index in [1.807, 2.05) is 48.6 Å². The minimum absolute atomic E-state index is 0.00278. The van der Waals surface area contributed by atoms with E-state index in [2.05, 4.69) is 11.4 Å². The van der Waals surface area contributed by atoms with Crippen molar-refractivity contribution >= 4 is 11.8 Å². The summed E-state index contributed by atoms with van der Waals surface area (Å²) in [5, 5.41) is 76.2. The minimum atomic E-state index is -0.989. The molecular weight excluding hydrogens is 823 g/mol. The molecule has 0 spiro atoms. The Morgan fingerprint density at radius 2 is 1.82 bits per heavy atom. The smallest absolute Gasteiger partial charge is 0.208 e. The Hall–Kier alpha value is -3.69. The van der Waals surface area contributed by atoms with E-state index in [-0.39, 0.29) is 62.2 Å². The van der Waals surface area contributed by atoms with Crippen LogP contribution in [0.3, 0.4) is 0 Å². The average Bonchev–Trinajstić information content (AvgIpc) is 4.04. The van der Waals surface area contributed by atoms with E-state index in [0.717, 1.165) is 110 Å². The number of nitrogens with two attached hydrogens (primary N) is 1. The van der Waals surface area contributed by atoms with Gasteiger partial charge in [-0.05, 0) is 117 Å². The highest BCUT2D eigenvalue weighted by atomic mass is 16.5. The van der Waals surface area contributed by atoms with Crippen LogP contribution in [0.5, 0.6) is 11.5 Å². The largest absolute Gasteiger partial charge is 0.504 e. The molecule has 0 amide bonds. The number of allylic oxidation sites excluding steroid dienone is 1. The first-order valence-corrected chi connectivity index (χ1v) is 24.6. The second-order valence-electron chi connectivity index (χ2n) is 19.5. The maximum atomic E-state index is 11.4. The van der Waals surface area contributed by atoms with Crippen LogP contribution in [0.15, 0.2) is 70.9 Å². The second-order valence-corrected chi connectivity index (χ2v) is 19.5. The first-order valence-electron chi connectivity index (χ1n) is 24.6. The number of aliphatic imine (C=N–C) groups is 1. The van der Waals surface area contributed by atoms with Crippen LogP contribution < -0.4 is 15.8 Å². The number of benzene rings is 2. The van der Waals surface area contributed by atoms with E-state index in [0.29, 0.717) is 49.1 Å². The van der Waals surface area contributed by atoms with Gasteiger partial charge in [0.25, 0.3) is 0 Å². The maximum absolute atomic E-state index is 11.4. The summed E-state index contributed by atoms with van der Waals surface area (Å²) in [4.78, 5) is 4.98. The Kier molecular flexibility index (Phi) is 18.1. The van der Waals surface area contributed by atoms with Crippen molar-refractivity contribution in [2.75, 3.05) is 26.4 Å². The number of nitrogens with zero attached hydrogens (tertiary/aromatic N) is 1. The molecule has 0 saturated heterocycles. The van der Waals surface area contributed by atoms with Crippen molar-refractivity contribution in [1.82, 2.24) is 5.32 Å². The fraction of sp³-hybridized carbons (Fsp3) is 0.604. The Morgan fingerprint density at radius 3 is 2.62 bits per heavy atom. The third-order valence-corrected chi connectivity index (χ3v) is 14.6. The average molecular weight is 899 g/mol. The highest BCUT2D eigenvalue weighted by molar-refractivity contribution is 6.03. The highest BCUT2D eigenvalue weighted by Crippen LogP contribution is 2.50. The van der Waals surface area contributed by atoms with Crippen molar-refractivity contribution < 1.29 is 45.2 Å². The van der Waals surface area contributed by atoms with Gasteiger partial charge < -0.3 is 56.3 Å². The number of nitrogens with one attached hydrogen (secondary N) is 1. The van der Waals surface area contributed by atoms with Gasteiger partial charge in [0, 0.05) is 50.6 Å². The topological polar surface area (TPSA) is 214 Å². The molecule has 10 unspecified atom stereocenters. The van der Waals surface area contributed by atoms with Crippen molar-refractivity contribution in [3.8, 4) is 11.5 Å². The number of aromatic hydroxyl groups is 1. The van der Waals surface area contributed by atoms with Crippen LogP contribution in [0, 0.1) is 35.7 Å². The predicted molar refractivity (Wildman–Crippen MR) is 255 cm³/mol. The standard InChI is InChI=1S/C53H75N3O9/c1-33(60)29-55-46(11-7-23-57)52-42-10-6-8-36(42)18-21-45-44(52)28-47(56-45)49(62)32-64-51-25-34(15-22-48(51)61)13-19-41-27-39(31-59)50(65-41)12-5-3-2-4-9-40(54)26-38-17-16-37-24-35(30-58)14-20-43(37)53(38)63/h14-17,20,22,24-25,27-28,33,36,38,40,42,46,49-50,52-53,55,57-60,62-63,65H,2-13,18-19,21,23,26,29-32,54H2,1H3/p+1. The van der Waals surface area contributed by atoms with E-state index >= 15 is 0 Å². The van der Waals surface area contributed by atoms with Gasteiger partial charge in [-0.3, -0.25) is 0 Å². The first kappa shape index (κ1) is 49.2. The summed E-state index contributed by atoms with van der Waals surface area (Å²) in [7, 11) is 0. The number of ether oxygens (including phenoxy) is 2. The van der Waals surface area contributed by atoms with E-state index in [1.54, 1.807) is 13.0 Å². The summed E-state index contributed by atoms with van der Waals surface area (Å²) in [6, 6.07) is 11.1. The van der Waals surface area contributed by atoms with Gasteiger partial charge >= 0.3 is 0 Å². The lowest BCUT2D eigenvalue weighted by molar-refractivity contribution is -0.0552. The summed E-state index contributed by atoms with van der Waals surface area (Å²) in [6.07, 6.45) is 22.0. The Labute approximate surface area is 386 Å². The van der Waals surface area contributed by atoms with Crippen LogP contribution in [0.25, 0.3) is 6.08 Å². The van der Waals surface area contributed by atoms with Crippen LogP contribution >= 0.6 is 0 Å². The number of fused-ring (bicyclic) bond motifs is 3. The van der Waals surface area contributed by atoms with Gasteiger partial charge in [0.05, 0.1) is 30.8 Å². The summed E-state index contributed by atoms with van der Waals surface area (Å²) < 4.78 is 11.1. The highest BCUT2D eigenvalue weighted by Gasteiger charge is 2.52. The molecule has 356 valence electrons. The quantitative estimate of drug-likeness (QED) is 0.0313. The molecular formula is C53H76N3O9+. The van der Waals surface area contributed by atoms with Gasteiger partial charge in [0.1, 0.15) is 30.4 Å². The lowest BCUT2D eigenvalue weighted by atomic mass is 9.71. The zero-order valence-corrected chi connectivity index (χ0v) is 38.4. The van der Waals surface area contributed by atoms with Crippen molar-refractivity contribution in [3.63, 3.8) is 0 Å². The normalized spacial score (nSPS) is 25.6. The predicted octanol–water partition coefficient (Wildman–Crippen LogP) is 6.20. The number of aliphatic hydroxyl groups is 8. The van der Waals surface area contributed by atoms with Gasteiger partial charge in [-0.25, -0.2) is 0 Å². The second kappa shape index (κ2) is 23.9. The van der Waals surface area contributed by atoms with Crippen molar-refractivity contribution in [2.45, 2.75) is 153 Å². The van der Waals surface area contributed by atoms with Crippen LogP contribution in [0.1, 0.15) is 132 Å². The molecule has 7 rings (SSSR count). The van der Waals surface area contributed by atoms with E-state index < -0.39 is 18.3 Å². The van der Waals surface area contributed by atoms with E-state index in [1.165, 1.54) is 18.8 Å². The van der Waals surface area contributed by atoms with Gasteiger partial charge in [0.15, 0.2) is 17.6 Å². The SMILES string of the molecule is CC(O)CNC(CCCO)C1[C+]2C=C(C(O)COc3cc(CC[C-]4C=C(CO)C(CCCCCCC(N)CC5C=Cc6cc(CO)ccc6C5O)[OH+]4)ccc3O)N=C2CCC2CCCC21. The van der Waals surface area contributed by atoms with Crippen LogP contribution in [-0.2, 0) is 13.0 Å². The van der Waals surface area contributed by atoms with E-state index in [4.69, 9.17) is 20.2 Å². The monoisotopic (exact) mass is 899 g/mol. The molecule has 0 aromatic heterocycles. The molecule has 11 N–H and O–H groups in total. The molecule has 12 heteroatoms. The molecule has 2 aromatic carbocycles. The molecule has 3 aliphatic carbocycles. The van der Waals surface area contributed by atoms with Crippen LogP contribution in [-0.4, -0.2) is 103 Å². The number of aryl methyl sites for hydroxylation is 1. The van der Waals surface area contributed by atoms with Gasteiger partial charge in [-0.2, -0.15) is 0 Å². The van der Waals surface area contributed by atoms with Crippen molar-refractivity contribution in [1.29, 1.82) is 0 Å². The number of hydrogen-bond donors (Lipinski definition) is 9. The maximum Gasteiger partial charge on any atom is 0.208 e. The molecule has 5 aliphatic rings. The number of phenols is 1. The Morgan fingerprint density at radius 1 is 0.985 bits per heavy atom. The number of hydrogen-bond acceptors (Lipinski definition) is 11. The molecule has 2 heterocycles. The molecule has 10 atom stereocenters. The molecule has 2 aliphatic heterocycles. The number of phenolic OH excluding ortho intramolecular Hbond substituents is 1. The third kappa shape index (κ3) is 12.9. The summed E-state index contributed by atoms with van der Waals surface area (Å²) in [5.74, 6) is 2.75. The molecule has 2 fully saturated rings. The number of aliphatic hydroxyl groups excluding tert-OH is 6. The van der Waals surface area contributed by atoms with Crippen LogP contribution in [0.4, 0.5) is 0 Å². The molecule has 2 saturated carbocycles.